The van der Waals surface area contributed by atoms with Crippen molar-refractivity contribution in [3.05, 3.63) is 0 Å². The number of nitrogens with two attached hydrogens (primary N) is 2. The summed E-state index contributed by atoms with van der Waals surface area (Å²) in [6.07, 6.45) is 0.751. The molecule has 0 unspecified atom stereocenters. The second-order valence-electron chi connectivity index (χ2n) is 3.12. The Morgan fingerprint density at radius 3 is 2.00 bits per heavy atom. The number of amides is 4. The molecule has 8 nitrogen and oxygen atoms in total. The van der Waals surface area contributed by atoms with E-state index in [0.717, 1.165) is 6.54 Å². The fraction of sp³-hybridized carbons (Fsp3) is 0.636. The van der Waals surface area contributed by atoms with Crippen LogP contribution >= 0.6 is 0 Å². The summed E-state index contributed by atoms with van der Waals surface area (Å²) in [5.41, 5.74) is 9.04. The molecule has 0 saturated heterocycles. The van der Waals surface area contributed by atoms with Crippen LogP contribution in [0.4, 0.5) is 4.39 Å². The molecule has 0 fully saturated rings. The lowest BCUT2D eigenvalue weighted by Gasteiger charge is -2.17. The van der Waals surface area contributed by atoms with Gasteiger partial charge in [0.15, 0.2) is 0 Å². The third-order valence-corrected chi connectivity index (χ3v) is 1.68. The Bertz CT molecular complexity index is 277. The molecular weight excluding hydrogens is 271 g/mol. The predicted molar refractivity (Wildman–Crippen MR) is 72.0 cm³/mol. The summed E-state index contributed by atoms with van der Waals surface area (Å²) in [6, 6.07) is 0. The van der Waals surface area contributed by atoms with Gasteiger partial charge in [0.25, 0.3) is 0 Å². The Balaban J connectivity index is -0.000000299. The van der Waals surface area contributed by atoms with Gasteiger partial charge in [0.1, 0.15) is 0 Å². The van der Waals surface area contributed by atoms with Crippen LogP contribution in [0, 0.1) is 0 Å². The summed E-state index contributed by atoms with van der Waals surface area (Å²) >= 11 is 0. The Morgan fingerprint density at radius 1 is 1.30 bits per heavy atom. The van der Waals surface area contributed by atoms with Crippen LogP contribution in [0.3, 0.4) is 0 Å². The monoisotopic (exact) mass is 294 g/mol. The number of likely N-dealkylation sites (N-methyl/N-ethyl adjacent to an activating group) is 1. The van der Waals surface area contributed by atoms with Crippen molar-refractivity contribution in [2.75, 3.05) is 26.3 Å². The zero-order valence-electron chi connectivity index (χ0n) is 11.8. The minimum absolute atomic E-state index is 0.130. The molecule has 0 atom stereocenters. The third-order valence-electron chi connectivity index (χ3n) is 1.68. The molecule has 0 radical (unpaired) electrons. The zero-order chi connectivity index (χ0) is 16.4. The van der Waals surface area contributed by atoms with E-state index < -0.39 is 12.6 Å². The molecule has 9 heteroatoms. The van der Waals surface area contributed by atoms with Crippen molar-refractivity contribution < 1.29 is 23.6 Å². The highest BCUT2D eigenvalue weighted by Gasteiger charge is 2.12. The van der Waals surface area contributed by atoms with Crippen molar-refractivity contribution >= 4 is 24.6 Å². The summed E-state index contributed by atoms with van der Waals surface area (Å²) in [7, 11) is 0. The number of primary amides is 2. The molecule has 0 aromatic heterocycles. The number of halogens is 1. The molecule has 0 bridgehead atoms. The summed E-state index contributed by atoms with van der Waals surface area (Å²) in [6.45, 7) is 3.85. The van der Waals surface area contributed by atoms with Crippen molar-refractivity contribution in [1.82, 2.24) is 10.2 Å². The predicted octanol–water partition coefficient (Wildman–Crippen LogP) is -1.47. The van der Waals surface area contributed by atoms with E-state index in [9.17, 15) is 18.8 Å². The number of carbonyl (C=O) groups excluding carboxylic acids is 4. The minimum atomic E-state index is -0.700. The van der Waals surface area contributed by atoms with Crippen molar-refractivity contribution in [1.29, 1.82) is 0 Å². The van der Waals surface area contributed by atoms with Gasteiger partial charge in [-0.15, -0.1) is 0 Å². The van der Waals surface area contributed by atoms with E-state index in [1.807, 2.05) is 6.92 Å². The van der Waals surface area contributed by atoms with Gasteiger partial charge in [-0.3, -0.25) is 23.6 Å². The summed E-state index contributed by atoms with van der Waals surface area (Å²) in [5, 5.41) is 2.43. The second-order valence-corrected chi connectivity index (χ2v) is 3.12. The Labute approximate surface area is 117 Å². The maximum atomic E-state index is 11.7. The number of alkyl halides is 1. The summed E-state index contributed by atoms with van der Waals surface area (Å²) < 4.78 is 11.7. The highest BCUT2D eigenvalue weighted by atomic mass is 19.1. The molecule has 0 spiro atoms. The first kappa shape index (κ1) is 22.9. The van der Waals surface area contributed by atoms with Gasteiger partial charge in [-0.1, -0.05) is 0 Å². The highest BCUT2D eigenvalue weighted by molar-refractivity contribution is 5.83. The van der Waals surface area contributed by atoms with E-state index in [1.54, 1.807) is 6.92 Å². The number of carbonyl (C=O) groups is 4. The normalized spacial score (nSPS) is 7.95. The molecule has 0 aliphatic rings. The van der Waals surface area contributed by atoms with Gasteiger partial charge in [-0.2, -0.15) is 0 Å². The highest BCUT2D eigenvalue weighted by Crippen LogP contribution is 1.93. The third kappa shape index (κ3) is 21.1. The Kier molecular flexibility index (Phi) is 22.0. The molecule has 118 valence electrons. The molecule has 20 heavy (non-hydrogen) atoms. The lowest BCUT2D eigenvalue weighted by Crippen LogP contribution is -2.38. The smallest absolute Gasteiger partial charge is 0.237 e. The largest absolute Gasteiger partial charge is 0.372 e. The van der Waals surface area contributed by atoms with Crippen LogP contribution in [0.1, 0.15) is 20.3 Å². The fourth-order valence-corrected chi connectivity index (χ4v) is 0.887. The number of hydrogen-bond donors (Lipinski definition) is 3. The Hall–Kier alpha value is -2.19. The van der Waals surface area contributed by atoms with E-state index in [2.05, 4.69) is 11.1 Å². The number of hydrogen-bond acceptors (Lipinski definition) is 4. The zero-order valence-corrected chi connectivity index (χ0v) is 11.8. The number of nitrogens with zero attached hydrogens (tertiary/aromatic N) is 1. The van der Waals surface area contributed by atoms with E-state index in [0.29, 0.717) is 13.0 Å². The first-order valence-electron chi connectivity index (χ1n) is 5.89. The van der Waals surface area contributed by atoms with Crippen molar-refractivity contribution in [2.45, 2.75) is 20.3 Å². The molecule has 4 amide bonds. The van der Waals surface area contributed by atoms with Crippen LogP contribution in [-0.4, -0.2) is 55.8 Å². The van der Waals surface area contributed by atoms with Crippen LogP contribution in [-0.2, 0) is 19.2 Å². The lowest BCUT2D eigenvalue weighted by atomic mass is 10.3. The lowest BCUT2D eigenvalue weighted by molar-refractivity contribution is -0.135. The minimum Gasteiger partial charge on any atom is -0.372 e. The molecule has 0 aliphatic heterocycles. The van der Waals surface area contributed by atoms with Gasteiger partial charge in [-0.05, 0) is 13.8 Å². The molecule has 5 N–H and O–H groups in total. The van der Waals surface area contributed by atoms with E-state index in [4.69, 9.17) is 10.5 Å². The van der Waals surface area contributed by atoms with Gasteiger partial charge in [-0.25, -0.2) is 0 Å². The quantitative estimate of drug-likeness (QED) is 0.494. The van der Waals surface area contributed by atoms with Crippen molar-refractivity contribution in [2.24, 2.45) is 11.5 Å². The van der Waals surface area contributed by atoms with E-state index >= 15 is 0 Å². The van der Waals surface area contributed by atoms with Gasteiger partial charge in [0.05, 0.1) is 19.6 Å². The van der Waals surface area contributed by atoms with Crippen LogP contribution in [0.25, 0.3) is 0 Å². The van der Waals surface area contributed by atoms with Gasteiger partial charge in [0.2, 0.25) is 24.6 Å². The molecule has 0 rings (SSSR count). The molecule has 0 aromatic carbocycles. The topological polar surface area (TPSA) is 136 Å². The van der Waals surface area contributed by atoms with Gasteiger partial charge >= 0.3 is 0 Å². The SMILES string of the molecule is CCN(CC(N)=O)C(=O)CCF.CCNC=O.NC=O. The van der Waals surface area contributed by atoms with Gasteiger partial charge in [0, 0.05) is 13.1 Å². The average molecular weight is 294 g/mol. The maximum Gasteiger partial charge on any atom is 0.237 e. The molecule has 0 heterocycles. The Morgan fingerprint density at radius 2 is 1.80 bits per heavy atom. The molecular formula is C11H23FN4O4. The van der Waals surface area contributed by atoms with Crippen molar-refractivity contribution in [3.8, 4) is 0 Å². The maximum absolute atomic E-state index is 11.7. The second kappa shape index (κ2) is 19.2. The summed E-state index contributed by atoms with van der Waals surface area (Å²) in [5.74, 6) is -0.956. The fourth-order valence-electron chi connectivity index (χ4n) is 0.887. The number of rotatable bonds is 7. The van der Waals surface area contributed by atoms with Crippen LogP contribution < -0.4 is 16.8 Å². The van der Waals surface area contributed by atoms with Gasteiger partial charge < -0.3 is 21.7 Å². The number of nitrogens with one attached hydrogen (secondary N) is 1. The standard InChI is InChI=1S/C7H13FN2O2.C3H7NO.CH3NO/c1-2-10(5-6(9)11)7(12)3-4-8;1-2-4-3-5;2-1-3/h2-5H2,1H3,(H2,9,11);3H,2H2,1H3,(H,4,5);1H,(H2,2,3). The van der Waals surface area contributed by atoms with Crippen LogP contribution in [0.5, 0.6) is 0 Å². The van der Waals surface area contributed by atoms with E-state index in [-0.39, 0.29) is 25.3 Å². The molecule has 0 aliphatic carbocycles. The van der Waals surface area contributed by atoms with Crippen LogP contribution in [0.2, 0.25) is 0 Å². The van der Waals surface area contributed by atoms with E-state index in [1.165, 1.54) is 4.90 Å². The van der Waals surface area contributed by atoms with Crippen LogP contribution in [0.15, 0.2) is 0 Å². The molecule has 0 saturated carbocycles. The first-order valence-corrected chi connectivity index (χ1v) is 5.89. The van der Waals surface area contributed by atoms with Crippen molar-refractivity contribution in [3.63, 3.8) is 0 Å². The average Bonchev–Trinajstić information content (AvgIpc) is 2.38. The first-order chi connectivity index (χ1) is 9.44. The summed E-state index contributed by atoms with van der Waals surface area (Å²) in [4.78, 5) is 40.5. The molecule has 0 aromatic rings.